The van der Waals surface area contributed by atoms with Crippen molar-refractivity contribution in [2.45, 2.75) is 27.3 Å². The Hall–Kier alpha value is -0.830. The van der Waals surface area contributed by atoms with Crippen molar-refractivity contribution in [1.29, 1.82) is 0 Å². The highest BCUT2D eigenvalue weighted by atomic mass is 127. The summed E-state index contributed by atoms with van der Waals surface area (Å²) in [6, 6.07) is 1.99. The first kappa shape index (κ1) is 21.2. The van der Waals surface area contributed by atoms with Crippen molar-refractivity contribution in [3.05, 3.63) is 18.0 Å². The molecule has 1 rings (SSSR count). The average Bonchev–Trinajstić information content (AvgIpc) is 2.77. The molecular formula is C15H31IN6. The first-order valence-electron chi connectivity index (χ1n) is 7.48. The summed E-state index contributed by atoms with van der Waals surface area (Å²) in [6.45, 7) is 9.97. The molecule has 22 heavy (non-hydrogen) atoms. The summed E-state index contributed by atoms with van der Waals surface area (Å²) in [5.74, 6) is 0.852. The quantitative estimate of drug-likeness (QED) is 0.399. The summed E-state index contributed by atoms with van der Waals surface area (Å²) in [4.78, 5) is 6.83. The van der Waals surface area contributed by atoms with E-state index in [1.807, 2.05) is 17.8 Å². The summed E-state index contributed by atoms with van der Waals surface area (Å²) in [5, 5.41) is 10.9. The number of rotatable bonds is 7. The number of hydrogen-bond acceptors (Lipinski definition) is 3. The van der Waals surface area contributed by atoms with Gasteiger partial charge in [0.2, 0.25) is 0 Å². The van der Waals surface area contributed by atoms with E-state index in [1.54, 1.807) is 6.20 Å². The topological polar surface area (TPSA) is 57.5 Å². The van der Waals surface area contributed by atoms with E-state index in [9.17, 15) is 0 Å². The molecule has 0 atom stereocenters. The smallest absolute Gasteiger partial charge is 0.191 e. The predicted molar refractivity (Wildman–Crippen MR) is 104 cm³/mol. The summed E-state index contributed by atoms with van der Waals surface area (Å²) in [6.07, 6.45) is 1.80. The van der Waals surface area contributed by atoms with Gasteiger partial charge < -0.3 is 15.5 Å². The van der Waals surface area contributed by atoms with E-state index in [-0.39, 0.29) is 29.4 Å². The van der Waals surface area contributed by atoms with Crippen LogP contribution in [0.15, 0.2) is 17.3 Å². The van der Waals surface area contributed by atoms with Gasteiger partial charge in [-0.3, -0.25) is 4.68 Å². The van der Waals surface area contributed by atoms with E-state index in [1.165, 1.54) is 0 Å². The van der Waals surface area contributed by atoms with E-state index in [0.717, 1.165) is 31.3 Å². The minimum atomic E-state index is 0. The Bertz CT molecular complexity index is 453. The molecular weight excluding hydrogens is 391 g/mol. The van der Waals surface area contributed by atoms with E-state index >= 15 is 0 Å². The van der Waals surface area contributed by atoms with Gasteiger partial charge in [0.15, 0.2) is 5.96 Å². The van der Waals surface area contributed by atoms with Crippen LogP contribution in [0.25, 0.3) is 0 Å². The molecule has 1 aromatic heterocycles. The Morgan fingerprint density at radius 2 is 2.05 bits per heavy atom. The molecule has 0 bridgehead atoms. The third-order valence-electron chi connectivity index (χ3n) is 3.14. The van der Waals surface area contributed by atoms with Crippen LogP contribution in [0.4, 0.5) is 0 Å². The lowest BCUT2D eigenvalue weighted by Crippen LogP contribution is -2.44. The minimum absolute atomic E-state index is 0. The fraction of sp³-hybridized carbons (Fsp3) is 0.733. The van der Waals surface area contributed by atoms with Crippen LogP contribution in [0.2, 0.25) is 0 Å². The molecule has 128 valence electrons. The number of hydrogen-bond donors (Lipinski definition) is 2. The molecule has 0 spiro atoms. The van der Waals surface area contributed by atoms with Crippen LogP contribution in [0.3, 0.4) is 0 Å². The van der Waals surface area contributed by atoms with Crippen molar-refractivity contribution in [3.63, 3.8) is 0 Å². The van der Waals surface area contributed by atoms with E-state index in [4.69, 9.17) is 0 Å². The van der Waals surface area contributed by atoms with Gasteiger partial charge >= 0.3 is 0 Å². The van der Waals surface area contributed by atoms with Gasteiger partial charge in [0.05, 0.1) is 12.2 Å². The molecule has 6 nitrogen and oxygen atoms in total. The Morgan fingerprint density at radius 1 is 1.36 bits per heavy atom. The molecule has 1 aromatic rings. The third-order valence-corrected chi connectivity index (χ3v) is 3.14. The van der Waals surface area contributed by atoms with Gasteiger partial charge in [-0.25, -0.2) is 4.99 Å². The number of aromatic nitrogens is 2. The van der Waals surface area contributed by atoms with Gasteiger partial charge in [-0.1, -0.05) is 13.8 Å². The van der Waals surface area contributed by atoms with Crippen molar-refractivity contribution in [2.75, 3.05) is 33.7 Å². The molecule has 0 saturated heterocycles. The fourth-order valence-electron chi connectivity index (χ4n) is 2.29. The van der Waals surface area contributed by atoms with Crippen LogP contribution < -0.4 is 10.6 Å². The van der Waals surface area contributed by atoms with Crippen LogP contribution in [0.1, 0.15) is 26.5 Å². The highest BCUT2D eigenvalue weighted by molar-refractivity contribution is 14.0. The molecule has 2 N–H and O–H groups in total. The van der Waals surface area contributed by atoms with Crippen molar-refractivity contribution in [1.82, 2.24) is 25.3 Å². The fourth-order valence-corrected chi connectivity index (χ4v) is 2.29. The number of guanidine groups is 1. The van der Waals surface area contributed by atoms with Crippen molar-refractivity contribution < 1.29 is 0 Å². The molecule has 0 amide bonds. The molecule has 0 saturated carbocycles. The Morgan fingerprint density at radius 3 is 2.55 bits per heavy atom. The summed E-state index contributed by atoms with van der Waals surface area (Å²) in [7, 11) is 6.14. The lowest BCUT2D eigenvalue weighted by atomic mass is 9.93. The molecule has 7 heteroatoms. The van der Waals surface area contributed by atoms with E-state index in [2.05, 4.69) is 60.5 Å². The third kappa shape index (κ3) is 7.98. The van der Waals surface area contributed by atoms with Crippen molar-refractivity contribution in [2.24, 2.45) is 17.5 Å². The van der Waals surface area contributed by atoms with Crippen LogP contribution in [0, 0.1) is 5.41 Å². The van der Waals surface area contributed by atoms with E-state index < -0.39 is 0 Å². The van der Waals surface area contributed by atoms with Crippen LogP contribution in [-0.4, -0.2) is 54.4 Å². The number of nitrogens with one attached hydrogen (secondary N) is 2. The van der Waals surface area contributed by atoms with Gasteiger partial charge in [0.25, 0.3) is 0 Å². The zero-order chi connectivity index (χ0) is 15.9. The van der Waals surface area contributed by atoms with Crippen LogP contribution in [-0.2, 0) is 13.6 Å². The summed E-state index contributed by atoms with van der Waals surface area (Å²) < 4.78 is 1.85. The number of nitrogens with zero attached hydrogens (tertiary/aromatic N) is 4. The summed E-state index contributed by atoms with van der Waals surface area (Å²) in [5.41, 5.74) is 1.28. The van der Waals surface area contributed by atoms with Gasteiger partial charge in [-0.2, -0.15) is 5.10 Å². The monoisotopic (exact) mass is 422 g/mol. The standard InChI is InChI=1S/C15H30N6.HI/c1-7-16-14(17-10-13-8-9-19-21(13)6)18-11-15(2,3)12-20(4)5;/h8-9H,7,10-12H2,1-6H3,(H2,16,17,18);1H. The zero-order valence-electron chi connectivity index (χ0n) is 14.7. The molecule has 0 aliphatic rings. The second-order valence-corrected chi connectivity index (χ2v) is 6.40. The van der Waals surface area contributed by atoms with Crippen LogP contribution in [0.5, 0.6) is 0 Å². The summed E-state index contributed by atoms with van der Waals surface area (Å²) >= 11 is 0. The second-order valence-electron chi connectivity index (χ2n) is 6.40. The van der Waals surface area contributed by atoms with Crippen LogP contribution >= 0.6 is 24.0 Å². The molecule has 0 aliphatic heterocycles. The number of aryl methyl sites for hydroxylation is 1. The molecule has 0 radical (unpaired) electrons. The average molecular weight is 422 g/mol. The molecule has 0 aliphatic carbocycles. The first-order chi connectivity index (χ1) is 9.84. The van der Waals surface area contributed by atoms with Gasteiger partial charge in [0, 0.05) is 32.9 Å². The molecule has 0 unspecified atom stereocenters. The second kappa shape index (κ2) is 10.0. The zero-order valence-corrected chi connectivity index (χ0v) is 17.0. The Labute approximate surface area is 151 Å². The predicted octanol–water partition coefficient (Wildman–Crippen LogP) is 1.68. The molecule has 0 fully saturated rings. The minimum Gasteiger partial charge on any atom is -0.357 e. The number of aliphatic imine (C=N–C) groups is 1. The highest BCUT2D eigenvalue weighted by Gasteiger charge is 2.19. The molecule has 1 heterocycles. The van der Waals surface area contributed by atoms with Gasteiger partial charge in [-0.05, 0) is 32.5 Å². The van der Waals surface area contributed by atoms with Crippen molar-refractivity contribution in [3.8, 4) is 0 Å². The molecule has 0 aromatic carbocycles. The normalized spacial score (nSPS) is 12.2. The SMILES string of the molecule is CCNC(=NCc1ccnn1C)NCC(C)(C)CN(C)C.I. The lowest BCUT2D eigenvalue weighted by Gasteiger charge is -2.29. The largest absolute Gasteiger partial charge is 0.357 e. The Balaban J connectivity index is 0.00000441. The first-order valence-corrected chi connectivity index (χ1v) is 7.48. The maximum atomic E-state index is 4.62. The van der Waals surface area contributed by atoms with Gasteiger partial charge in [0.1, 0.15) is 0 Å². The van der Waals surface area contributed by atoms with E-state index in [0.29, 0.717) is 6.54 Å². The number of halogens is 1. The highest BCUT2D eigenvalue weighted by Crippen LogP contribution is 2.13. The van der Waals surface area contributed by atoms with Crippen molar-refractivity contribution >= 4 is 29.9 Å². The van der Waals surface area contributed by atoms with Gasteiger partial charge in [-0.15, -0.1) is 24.0 Å². The maximum Gasteiger partial charge on any atom is 0.191 e. The lowest BCUT2D eigenvalue weighted by molar-refractivity contribution is 0.241. The maximum absolute atomic E-state index is 4.62. The Kier molecular flexibility index (Phi) is 9.66.